The predicted octanol–water partition coefficient (Wildman–Crippen LogP) is 11.3. The van der Waals surface area contributed by atoms with Crippen LogP contribution in [0.25, 0.3) is 32.9 Å². The molecule has 6 aromatic carbocycles. The lowest BCUT2D eigenvalue weighted by atomic mass is 9.96. The molecule has 0 fully saturated rings. The number of aromatic nitrogens is 4. The van der Waals surface area contributed by atoms with Crippen LogP contribution in [0.1, 0.15) is 50.4 Å². The van der Waals surface area contributed by atoms with Gasteiger partial charge in [-0.25, -0.2) is 19.9 Å². The number of phenols is 1. The van der Waals surface area contributed by atoms with Gasteiger partial charge in [-0.05, 0) is 122 Å². The molecule has 65 heavy (non-hydrogen) atoms. The van der Waals surface area contributed by atoms with E-state index in [0.29, 0.717) is 39.8 Å². The van der Waals surface area contributed by atoms with Crippen LogP contribution in [0, 0.1) is 20.8 Å². The zero-order valence-electron chi connectivity index (χ0n) is 36.4. The van der Waals surface area contributed by atoms with Gasteiger partial charge in [0, 0.05) is 83.0 Å². The summed E-state index contributed by atoms with van der Waals surface area (Å²) in [6, 6.07) is 34.3. The van der Waals surface area contributed by atoms with E-state index in [-0.39, 0.29) is 23.3 Å². The Kier molecular flexibility index (Phi) is 13.2. The number of halogens is 3. The van der Waals surface area contributed by atoms with Gasteiger partial charge in [0.15, 0.2) is 0 Å². The molecule has 4 N–H and O–H groups in total. The lowest BCUT2D eigenvalue weighted by molar-refractivity contribution is -0.274. The molecule has 2 amide bonds. The Hall–Kier alpha value is -8.07. The number of hydrogen-bond donors (Lipinski definition) is 4. The van der Waals surface area contributed by atoms with Gasteiger partial charge in [0.1, 0.15) is 29.0 Å². The van der Waals surface area contributed by atoms with Gasteiger partial charge in [-0.3, -0.25) is 9.59 Å². The lowest BCUT2D eigenvalue weighted by Crippen LogP contribution is -2.17. The summed E-state index contributed by atoms with van der Waals surface area (Å²) in [5.41, 5.74) is 8.90. The van der Waals surface area contributed by atoms with E-state index in [1.807, 2.05) is 101 Å². The molecule has 0 radical (unpaired) electrons. The number of aromatic hydroxyl groups is 1. The van der Waals surface area contributed by atoms with E-state index < -0.39 is 6.36 Å². The van der Waals surface area contributed by atoms with Gasteiger partial charge < -0.3 is 30.7 Å². The van der Waals surface area contributed by atoms with Gasteiger partial charge in [-0.1, -0.05) is 37.3 Å². The van der Waals surface area contributed by atoms with Crippen molar-refractivity contribution in [2.45, 2.75) is 40.5 Å². The second-order valence-electron chi connectivity index (χ2n) is 15.3. The molecule has 0 atom stereocenters. The Morgan fingerprint density at radius 1 is 0.738 bits per heavy atom. The summed E-state index contributed by atoms with van der Waals surface area (Å²) < 4.78 is 42.1. The maximum atomic E-state index is 12.7. The van der Waals surface area contributed by atoms with Crippen molar-refractivity contribution in [3.63, 3.8) is 0 Å². The van der Waals surface area contributed by atoms with Gasteiger partial charge in [0.2, 0.25) is 0 Å². The standard InChI is InChI=1S/C27H22F3N5O.C23H23N3O3/c1-4-23-31-14-18-12-17(9-11-22(18)35-23)24-15(2)8-10-21-25(24)32-16(3)33-26(21)34-19-6-5-7-20(13-19)36-27(28,29)30;1-15-7-10-18(24-23(29)17-5-4-6-19(13-17)26(2)3)14-21(15)25-22(28)16-8-11-20(27)12-9-16/h5-14H,4H2,1-3H3,(H,32,33,34);4-14,27H,1-3H3,(H,24,29)(H,25,28). The smallest absolute Gasteiger partial charge is 0.508 e. The minimum atomic E-state index is -4.77. The number of alkyl halides is 3. The molecule has 2 heterocycles. The molecular weight excluding hydrogens is 834 g/mol. The van der Waals surface area contributed by atoms with Gasteiger partial charge in [0.05, 0.1) is 11.0 Å². The van der Waals surface area contributed by atoms with Gasteiger partial charge in [-0.15, -0.1) is 13.2 Å². The Morgan fingerprint density at radius 3 is 2.22 bits per heavy atom. The lowest BCUT2D eigenvalue weighted by Gasteiger charge is -2.15. The molecule has 0 saturated heterocycles. The number of rotatable bonds is 10. The first-order valence-electron chi connectivity index (χ1n) is 20.5. The highest BCUT2D eigenvalue weighted by atomic mass is 19.4. The maximum absolute atomic E-state index is 12.7. The van der Waals surface area contributed by atoms with Crippen molar-refractivity contribution in [1.82, 2.24) is 19.9 Å². The van der Waals surface area contributed by atoms with E-state index in [1.54, 1.807) is 43.3 Å². The molecule has 15 heteroatoms. The summed E-state index contributed by atoms with van der Waals surface area (Å²) in [6.45, 7) is 7.68. The van der Waals surface area contributed by atoms with Crippen LogP contribution in [0.5, 0.6) is 11.5 Å². The van der Waals surface area contributed by atoms with E-state index in [0.717, 1.165) is 62.0 Å². The number of nitrogens with zero attached hydrogens (tertiary/aromatic N) is 5. The minimum absolute atomic E-state index is 0.0979. The van der Waals surface area contributed by atoms with Crippen LogP contribution in [0.2, 0.25) is 0 Å². The highest BCUT2D eigenvalue weighted by Gasteiger charge is 2.31. The summed E-state index contributed by atoms with van der Waals surface area (Å²) in [5.74, 6) is 1.06. The van der Waals surface area contributed by atoms with Crippen LogP contribution in [-0.4, -0.2) is 57.3 Å². The molecule has 0 bridgehead atoms. The Bertz CT molecular complexity index is 3050. The predicted molar refractivity (Wildman–Crippen MR) is 249 cm³/mol. The molecule has 0 aliphatic heterocycles. The summed E-state index contributed by atoms with van der Waals surface area (Å²) in [4.78, 5) is 45.3. The molecule has 0 spiro atoms. The zero-order chi connectivity index (χ0) is 46.4. The van der Waals surface area contributed by atoms with E-state index >= 15 is 0 Å². The van der Waals surface area contributed by atoms with Crippen LogP contribution < -0.4 is 25.6 Å². The number of benzene rings is 6. The molecule has 12 nitrogen and oxygen atoms in total. The van der Waals surface area contributed by atoms with Crippen molar-refractivity contribution in [2.75, 3.05) is 34.9 Å². The summed E-state index contributed by atoms with van der Waals surface area (Å²) in [7, 11) is 3.83. The third-order valence-corrected chi connectivity index (χ3v) is 10.3. The van der Waals surface area contributed by atoms with Crippen LogP contribution in [0.3, 0.4) is 0 Å². The van der Waals surface area contributed by atoms with Crippen LogP contribution in [0.15, 0.2) is 128 Å². The van der Waals surface area contributed by atoms with Crippen molar-refractivity contribution in [2.24, 2.45) is 0 Å². The van der Waals surface area contributed by atoms with E-state index in [1.165, 1.54) is 30.3 Å². The van der Waals surface area contributed by atoms with Gasteiger partial charge >= 0.3 is 6.36 Å². The van der Waals surface area contributed by atoms with Crippen molar-refractivity contribution < 1.29 is 32.6 Å². The highest BCUT2D eigenvalue weighted by molar-refractivity contribution is 6.07. The molecule has 0 saturated carbocycles. The number of nitrogens with one attached hydrogen (secondary N) is 3. The average Bonchev–Trinajstić information content (AvgIpc) is 3.27. The fraction of sp³-hybridized carbons (Fsp3) is 0.160. The van der Waals surface area contributed by atoms with Crippen molar-refractivity contribution in [3.8, 4) is 22.6 Å². The number of carbonyl (C=O) groups excluding carboxylic acids is 2. The third kappa shape index (κ3) is 11.1. The van der Waals surface area contributed by atoms with Crippen molar-refractivity contribution in [1.29, 1.82) is 0 Å². The summed E-state index contributed by atoms with van der Waals surface area (Å²) in [5, 5.41) is 19.9. The van der Waals surface area contributed by atoms with Crippen LogP contribution in [0.4, 0.5) is 41.7 Å². The molecule has 2 aromatic heterocycles. The summed E-state index contributed by atoms with van der Waals surface area (Å²) in [6.07, 6.45) is -2.18. The van der Waals surface area contributed by atoms with Crippen LogP contribution >= 0.6 is 0 Å². The number of phenolic OH excluding ortho intramolecular Hbond substituents is 1. The van der Waals surface area contributed by atoms with E-state index in [4.69, 9.17) is 4.98 Å². The first kappa shape index (κ1) is 45.0. The van der Waals surface area contributed by atoms with Crippen molar-refractivity contribution in [3.05, 3.63) is 161 Å². The average molecular weight is 879 g/mol. The fourth-order valence-corrected chi connectivity index (χ4v) is 6.94. The molecule has 0 aliphatic rings. The van der Waals surface area contributed by atoms with Crippen LogP contribution in [-0.2, 0) is 6.42 Å². The number of fused-ring (bicyclic) bond motifs is 2. The summed E-state index contributed by atoms with van der Waals surface area (Å²) >= 11 is 0. The molecule has 330 valence electrons. The van der Waals surface area contributed by atoms with E-state index in [2.05, 4.69) is 35.6 Å². The molecular formula is C50H45F3N8O4. The second kappa shape index (κ2) is 19.1. The molecule has 8 aromatic rings. The fourth-order valence-electron chi connectivity index (χ4n) is 6.94. The first-order valence-corrected chi connectivity index (χ1v) is 20.5. The monoisotopic (exact) mass is 878 g/mol. The second-order valence-corrected chi connectivity index (χ2v) is 15.3. The SMILES string of the molecule is CCc1ncc2cc(-c3c(C)ccc4c(Nc5cccc(OC(F)(F)F)c5)nc(C)nc34)ccc2n1.Cc1ccc(NC(=O)c2cccc(N(C)C)c2)cc1NC(=O)c1ccc(O)cc1. The Balaban J connectivity index is 0.000000199. The number of anilines is 5. The zero-order valence-corrected chi connectivity index (χ0v) is 36.4. The molecule has 0 unspecified atom stereocenters. The molecule has 0 aliphatic carbocycles. The topological polar surface area (TPSA) is 154 Å². The number of amides is 2. The molecule has 8 rings (SSSR count). The van der Waals surface area contributed by atoms with Gasteiger partial charge in [0.25, 0.3) is 11.8 Å². The maximum Gasteiger partial charge on any atom is 0.573 e. The number of hydrogen-bond acceptors (Lipinski definition) is 10. The first-order chi connectivity index (χ1) is 31.0. The largest absolute Gasteiger partial charge is 0.573 e. The Labute approximate surface area is 373 Å². The number of carbonyl (C=O) groups is 2. The van der Waals surface area contributed by atoms with Crippen molar-refractivity contribution >= 4 is 62.2 Å². The quantitative estimate of drug-likeness (QED) is 0.104. The minimum Gasteiger partial charge on any atom is -0.508 e. The number of aryl methyl sites for hydroxylation is 4. The normalized spacial score (nSPS) is 11.1. The third-order valence-electron chi connectivity index (χ3n) is 10.3. The Morgan fingerprint density at radius 2 is 1.48 bits per heavy atom. The van der Waals surface area contributed by atoms with Gasteiger partial charge in [-0.2, -0.15) is 0 Å². The van der Waals surface area contributed by atoms with E-state index in [9.17, 15) is 27.9 Å². The number of ether oxygens (including phenoxy) is 1. The highest BCUT2D eigenvalue weighted by Crippen LogP contribution is 2.36.